The van der Waals surface area contributed by atoms with Crippen molar-refractivity contribution in [3.8, 4) is 11.1 Å². The standard InChI is InChI=1S/C12H12N2O/c1-8-3-4-9(2)10(5-8)11-6-13-7-14-12(11)15/h3-7H,1-2H3,(H,13,14,15). The van der Waals surface area contributed by atoms with Gasteiger partial charge < -0.3 is 4.98 Å². The van der Waals surface area contributed by atoms with Crippen molar-refractivity contribution < 1.29 is 0 Å². The zero-order chi connectivity index (χ0) is 10.8. The van der Waals surface area contributed by atoms with E-state index < -0.39 is 0 Å². The molecule has 0 radical (unpaired) electrons. The molecule has 0 fully saturated rings. The first-order chi connectivity index (χ1) is 7.18. The van der Waals surface area contributed by atoms with Crippen LogP contribution in [0.5, 0.6) is 0 Å². The number of H-pyrrole nitrogens is 1. The van der Waals surface area contributed by atoms with E-state index in [9.17, 15) is 4.79 Å². The van der Waals surface area contributed by atoms with Gasteiger partial charge in [-0.3, -0.25) is 4.79 Å². The molecule has 0 aliphatic rings. The number of hydrogen-bond acceptors (Lipinski definition) is 2. The van der Waals surface area contributed by atoms with Gasteiger partial charge in [-0.05, 0) is 25.0 Å². The summed E-state index contributed by atoms with van der Waals surface area (Å²) in [7, 11) is 0. The lowest BCUT2D eigenvalue weighted by Gasteiger charge is -2.05. The summed E-state index contributed by atoms with van der Waals surface area (Å²) in [5.74, 6) is 0. The molecule has 1 N–H and O–H groups in total. The molecule has 76 valence electrons. The normalized spacial score (nSPS) is 10.3. The van der Waals surface area contributed by atoms with Gasteiger partial charge in [0.1, 0.15) is 0 Å². The first kappa shape index (κ1) is 9.65. The Bertz CT molecular complexity index is 543. The molecule has 0 atom stereocenters. The van der Waals surface area contributed by atoms with E-state index in [0.717, 1.165) is 16.7 Å². The van der Waals surface area contributed by atoms with Crippen LogP contribution in [-0.2, 0) is 0 Å². The third kappa shape index (κ3) is 1.81. The fourth-order valence-corrected chi connectivity index (χ4v) is 1.56. The summed E-state index contributed by atoms with van der Waals surface area (Å²) in [4.78, 5) is 18.1. The molecule has 1 heterocycles. The molecule has 1 aromatic heterocycles. The minimum atomic E-state index is -0.0984. The quantitative estimate of drug-likeness (QED) is 0.765. The number of nitrogens with zero attached hydrogens (tertiary/aromatic N) is 1. The van der Waals surface area contributed by atoms with Crippen LogP contribution < -0.4 is 5.56 Å². The number of benzene rings is 1. The van der Waals surface area contributed by atoms with Crippen molar-refractivity contribution in [3.05, 3.63) is 52.2 Å². The molecule has 2 rings (SSSR count). The number of aromatic amines is 1. The fourth-order valence-electron chi connectivity index (χ4n) is 1.56. The maximum atomic E-state index is 11.6. The second kappa shape index (κ2) is 3.69. The summed E-state index contributed by atoms with van der Waals surface area (Å²) in [5.41, 5.74) is 3.69. The van der Waals surface area contributed by atoms with Crippen LogP contribution in [0.2, 0.25) is 0 Å². The second-order valence-corrected chi connectivity index (χ2v) is 3.61. The van der Waals surface area contributed by atoms with Gasteiger partial charge in [-0.25, -0.2) is 4.98 Å². The Morgan fingerprint density at radius 2 is 2.00 bits per heavy atom. The molecule has 2 aromatic rings. The molecule has 0 bridgehead atoms. The van der Waals surface area contributed by atoms with E-state index in [1.165, 1.54) is 6.33 Å². The summed E-state index contributed by atoms with van der Waals surface area (Å²) in [6.45, 7) is 3.99. The molecule has 0 spiro atoms. The smallest absolute Gasteiger partial charge is 0.258 e. The highest BCUT2D eigenvalue weighted by molar-refractivity contribution is 5.66. The van der Waals surface area contributed by atoms with Crippen molar-refractivity contribution in [2.24, 2.45) is 0 Å². The molecule has 3 heteroatoms. The fraction of sp³-hybridized carbons (Fsp3) is 0.167. The van der Waals surface area contributed by atoms with E-state index in [4.69, 9.17) is 0 Å². The zero-order valence-electron chi connectivity index (χ0n) is 8.74. The van der Waals surface area contributed by atoms with Gasteiger partial charge in [-0.15, -0.1) is 0 Å². The van der Waals surface area contributed by atoms with Crippen molar-refractivity contribution in [2.75, 3.05) is 0 Å². The van der Waals surface area contributed by atoms with Crippen molar-refractivity contribution in [2.45, 2.75) is 13.8 Å². The highest BCUT2D eigenvalue weighted by Gasteiger charge is 2.05. The molecule has 0 saturated heterocycles. The van der Waals surface area contributed by atoms with Crippen molar-refractivity contribution in [1.82, 2.24) is 9.97 Å². The number of aromatic nitrogens is 2. The van der Waals surface area contributed by atoms with Gasteiger partial charge in [0, 0.05) is 6.20 Å². The van der Waals surface area contributed by atoms with Gasteiger partial charge in [0.25, 0.3) is 5.56 Å². The van der Waals surface area contributed by atoms with Gasteiger partial charge in [0.15, 0.2) is 0 Å². The summed E-state index contributed by atoms with van der Waals surface area (Å²) < 4.78 is 0. The van der Waals surface area contributed by atoms with Crippen LogP contribution in [0.15, 0.2) is 35.5 Å². The van der Waals surface area contributed by atoms with Gasteiger partial charge >= 0.3 is 0 Å². The van der Waals surface area contributed by atoms with Gasteiger partial charge in [-0.1, -0.05) is 23.8 Å². The van der Waals surface area contributed by atoms with Crippen LogP contribution in [0, 0.1) is 13.8 Å². The molecule has 0 aliphatic carbocycles. The minimum absolute atomic E-state index is 0.0984. The Morgan fingerprint density at radius 1 is 1.20 bits per heavy atom. The van der Waals surface area contributed by atoms with Crippen molar-refractivity contribution >= 4 is 0 Å². The third-order valence-corrected chi connectivity index (χ3v) is 2.40. The lowest BCUT2D eigenvalue weighted by molar-refractivity contribution is 1.12. The van der Waals surface area contributed by atoms with Gasteiger partial charge in [-0.2, -0.15) is 0 Å². The Hall–Kier alpha value is -1.90. The van der Waals surface area contributed by atoms with Crippen LogP contribution in [0.3, 0.4) is 0 Å². The van der Waals surface area contributed by atoms with Crippen LogP contribution in [-0.4, -0.2) is 9.97 Å². The van der Waals surface area contributed by atoms with Crippen LogP contribution in [0.4, 0.5) is 0 Å². The monoisotopic (exact) mass is 200 g/mol. The summed E-state index contributed by atoms with van der Waals surface area (Å²) in [6, 6.07) is 6.04. The van der Waals surface area contributed by atoms with E-state index in [0.29, 0.717) is 5.56 Å². The average Bonchev–Trinajstić information content (AvgIpc) is 2.23. The van der Waals surface area contributed by atoms with Crippen LogP contribution in [0.25, 0.3) is 11.1 Å². The SMILES string of the molecule is Cc1ccc(C)c(-c2cnc[nH]c2=O)c1. The Morgan fingerprint density at radius 3 is 2.73 bits per heavy atom. The molecular weight excluding hydrogens is 188 g/mol. The van der Waals surface area contributed by atoms with Gasteiger partial charge in [0.05, 0.1) is 11.9 Å². The minimum Gasteiger partial charge on any atom is -0.313 e. The highest BCUT2D eigenvalue weighted by atomic mass is 16.1. The van der Waals surface area contributed by atoms with Crippen LogP contribution >= 0.6 is 0 Å². The molecular formula is C12H12N2O. The molecule has 0 unspecified atom stereocenters. The molecule has 15 heavy (non-hydrogen) atoms. The molecule has 3 nitrogen and oxygen atoms in total. The van der Waals surface area contributed by atoms with E-state index >= 15 is 0 Å². The van der Waals surface area contributed by atoms with E-state index in [-0.39, 0.29) is 5.56 Å². The van der Waals surface area contributed by atoms with E-state index in [1.807, 2.05) is 32.0 Å². The van der Waals surface area contributed by atoms with E-state index in [1.54, 1.807) is 6.20 Å². The van der Waals surface area contributed by atoms with Crippen LogP contribution in [0.1, 0.15) is 11.1 Å². The number of aryl methyl sites for hydroxylation is 2. The maximum Gasteiger partial charge on any atom is 0.258 e. The summed E-state index contributed by atoms with van der Waals surface area (Å²) in [5, 5.41) is 0. The molecule has 0 saturated carbocycles. The topological polar surface area (TPSA) is 45.8 Å². The highest BCUT2D eigenvalue weighted by Crippen LogP contribution is 2.20. The number of nitrogens with one attached hydrogen (secondary N) is 1. The van der Waals surface area contributed by atoms with Crippen molar-refractivity contribution in [3.63, 3.8) is 0 Å². The van der Waals surface area contributed by atoms with Crippen molar-refractivity contribution in [1.29, 1.82) is 0 Å². The Labute approximate surface area is 87.8 Å². The Balaban J connectivity index is 2.69. The predicted molar refractivity (Wildman–Crippen MR) is 59.8 cm³/mol. The zero-order valence-corrected chi connectivity index (χ0v) is 8.74. The third-order valence-electron chi connectivity index (χ3n) is 2.40. The summed E-state index contributed by atoms with van der Waals surface area (Å²) >= 11 is 0. The average molecular weight is 200 g/mol. The van der Waals surface area contributed by atoms with E-state index in [2.05, 4.69) is 9.97 Å². The maximum absolute atomic E-state index is 11.6. The first-order valence-corrected chi connectivity index (χ1v) is 4.79. The second-order valence-electron chi connectivity index (χ2n) is 3.61. The first-order valence-electron chi connectivity index (χ1n) is 4.79. The summed E-state index contributed by atoms with van der Waals surface area (Å²) in [6.07, 6.45) is 3.00. The molecule has 0 aliphatic heterocycles. The number of rotatable bonds is 1. The molecule has 0 amide bonds. The lowest BCUT2D eigenvalue weighted by atomic mass is 10.0. The number of hydrogen-bond donors (Lipinski definition) is 1. The predicted octanol–water partition coefficient (Wildman–Crippen LogP) is 2.05. The largest absolute Gasteiger partial charge is 0.313 e. The molecule has 1 aromatic carbocycles. The Kier molecular flexibility index (Phi) is 2.37. The lowest BCUT2D eigenvalue weighted by Crippen LogP contribution is -2.09. The van der Waals surface area contributed by atoms with Gasteiger partial charge in [0.2, 0.25) is 0 Å².